The summed E-state index contributed by atoms with van der Waals surface area (Å²) in [5.41, 5.74) is 0.495. The predicted molar refractivity (Wildman–Crippen MR) is 98.2 cm³/mol. The van der Waals surface area contributed by atoms with Crippen LogP contribution in [0.4, 0.5) is 5.82 Å². The summed E-state index contributed by atoms with van der Waals surface area (Å²) < 4.78 is 0. The number of carboxylic acids is 1. The van der Waals surface area contributed by atoms with Crippen LogP contribution in [0.25, 0.3) is 0 Å². The molecule has 3 aliphatic rings. The molecule has 0 aromatic carbocycles. The molecule has 3 heterocycles. The van der Waals surface area contributed by atoms with Crippen molar-refractivity contribution in [3.8, 4) is 0 Å². The van der Waals surface area contributed by atoms with Crippen molar-refractivity contribution in [2.75, 3.05) is 24.5 Å². The molecule has 2 aliphatic heterocycles. The van der Waals surface area contributed by atoms with Gasteiger partial charge in [-0.15, -0.1) is 0 Å². The highest BCUT2D eigenvalue weighted by atomic mass is 16.4. The Hall–Kier alpha value is -2.11. The number of fused-ring (bicyclic) bond motifs is 1. The van der Waals surface area contributed by atoms with Gasteiger partial charge in [0.2, 0.25) is 0 Å². The van der Waals surface area contributed by atoms with Crippen LogP contribution in [0.1, 0.15) is 55.3 Å². The van der Waals surface area contributed by atoms with E-state index in [2.05, 4.69) is 9.88 Å². The van der Waals surface area contributed by atoms with Gasteiger partial charge in [-0.1, -0.05) is 19.3 Å². The van der Waals surface area contributed by atoms with E-state index in [1.807, 2.05) is 12.1 Å². The largest absolute Gasteiger partial charge is 0.480 e. The minimum atomic E-state index is -0.873. The van der Waals surface area contributed by atoms with Crippen LogP contribution in [0.3, 0.4) is 0 Å². The smallest absolute Gasteiger partial charge is 0.326 e. The lowest BCUT2D eigenvalue weighted by molar-refractivity contribution is -0.142. The summed E-state index contributed by atoms with van der Waals surface area (Å²) in [6.07, 6.45) is 9.53. The van der Waals surface area contributed by atoms with Crippen LogP contribution in [0, 0.1) is 11.8 Å². The Labute approximate surface area is 154 Å². The Morgan fingerprint density at radius 1 is 1.04 bits per heavy atom. The van der Waals surface area contributed by atoms with Gasteiger partial charge in [-0.25, -0.2) is 9.78 Å². The van der Waals surface area contributed by atoms with Crippen LogP contribution in [0.15, 0.2) is 18.3 Å². The minimum absolute atomic E-state index is 0.112. The van der Waals surface area contributed by atoms with E-state index in [4.69, 9.17) is 0 Å². The van der Waals surface area contributed by atoms with Crippen molar-refractivity contribution in [3.63, 3.8) is 0 Å². The number of carboxylic acid groups (broad SMARTS) is 1. The average molecular weight is 357 g/mol. The van der Waals surface area contributed by atoms with Gasteiger partial charge in [0.1, 0.15) is 11.9 Å². The van der Waals surface area contributed by atoms with Crippen molar-refractivity contribution in [1.82, 2.24) is 9.88 Å². The summed E-state index contributed by atoms with van der Waals surface area (Å²) in [6, 6.07) is 3.04. The second-order valence-electron chi connectivity index (χ2n) is 7.90. The molecule has 1 amide bonds. The number of nitrogens with zero attached hydrogens (tertiary/aromatic N) is 3. The summed E-state index contributed by atoms with van der Waals surface area (Å²) in [7, 11) is 0. The first-order valence-corrected chi connectivity index (χ1v) is 9.90. The van der Waals surface area contributed by atoms with Crippen LogP contribution in [-0.4, -0.2) is 52.5 Å². The number of hydrogen-bond acceptors (Lipinski definition) is 4. The fourth-order valence-electron chi connectivity index (χ4n) is 5.00. The number of carbonyl (C=O) groups is 2. The fraction of sp³-hybridized carbons (Fsp3) is 0.650. The molecule has 1 N–H and O–H groups in total. The Morgan fingerprint density at radius 3 is 2.46 bits per heavy atom. The predicted octanol–water partition coefficient (Wildman–Crippen LogP) is 2.79. The van der Waals surface area contributed by atoms with Gasteiger partial charge >= 0.3 is 5.97 Å². The number of anilines is 1. The SMILES string of the molecule is O=C(O)C1C2CCCC2CN1C(=O)c1ccc(N2CCCCCC2)nc1. The minimum Gasteiger partial charge on any atom is -0.480 e. The summed E-state index contributed by atoms with van der Waals surface area (Å²) in [5, 5.41) is 9.65. The molecule has 140 valence electrons. The van der Waals surface area contributed by atoms with E-state index >= 15 is 0 Å². The topological polar surface area (TPSA) is 73.7 Å². The Morgan fingerprint density at radius 2 is 1.81 bits per heavy atom. The van der Waals surface area contributed by atoms with Crippen LogP contribution in [-0.2, 0) is 4.79 Å². The van der Waals surface area contributed by atoms with Crippen LogP contribution in [0.5, 0.6) is 0 Å². The average Bonchev–Trinajstić information content (AvgIpc) is 3.12. The third-order valence-corrected chi connectivity index (χ3v) is 6.33. The van der Waals surface area contributed by atoms with Gasteiger partial charge in [-0.2, -0.15) is 0 Å². The molecule has 2 saturated heterocycles. The Balaban J connectivity index is 1.50. The van der Waals surface area contributed by atoms with E-state index in [1.165, 1.54) is 25.7 Å². The molecule has 1 aliphatic carbocycles. The number of pyridine rings is 1. The molecule has 6 heteroatoms. The number of carbonyl (C=O) groups excluding carboxylic acids is 1. The zero-order valence-electron chi connectivity index (χ0n) is 15.1. The Bertz CT molecular complexity index is 667. The number of aliphatic carboxylic acids is 1. The molecule has 1 aromatic rings. The van der Waals surface area contributed by atoms with E-state index in [9.17, 15) is 14.7 Å². The molecular formula is C20H27N3O3. The van der Waals surface area contributed by atoms with Gasteiger partial charge in [0, 0.05) is 25.8 Å². The van der Waals surface area contributed by atoms with Crippen molar-refractivity contribution >= 4 is 17.7 Å². The highest BCUT2D eigenvalue weighted by molar-refractivity contribution is 5.97. The standard InChI is InChI=1S/C20H27N3O3/c24-19(23-13-15-6-5-7-16(15)18(23)20(25)26)14-8-9-17(21-12-14)22-10-3-1-2-4-11-22/h8-9,12,15-16,18H,1-7,10-11,13H2,(H,25,26). The van der Waals surface area contributed by atoms with Crippen LogP contribution >= 0.6 is 0 Å². The molecule has 3 fully saturated rings. The lowest BCUT2D eigenvalue weighted by Crippen LogP contribution is -2.43. The molecule has 3 atom stereocenters. The summed E-state index contributed by atoms with van der Waals surface area (Å²) >= 11 is 0. The van der Waals surface area contributed by atoms with Crippen LogP contribution < -0.4 is 4.90 Å². The fourth-order valence-corrected chi connectivity index (χ4v) is 5.00. The molecular weight excluding hydrogens is 330 g/mol. The normalized spacial score (nSPS) is 28.7. The van der Waals surface area contributed by atoms with E-state index < -0.39 is 12.0 Å². The zero-order chi connectivity index (χ0) is 18.1. The van der Waals surface area contributed by atoms with E-state index in [-0.39, 0.29) is 11.8 Å². The van der Waals surface area contributed by atoms with Crippen molar-refractivity contribution in [2.24, 2.45) is 11.8 Å². The number of likely N-dealkylation sites (tertiary alicyclic amines) is 1. The highest BCUT2D eigenvalue weighted by Crippen LogP contribution is 2.42. The van der Waals surface area contributed by atoms with Gasteiger partial charge in [0.25, 0.3) is 5.91 Å². The number of aromatic nitrogens is 1. The first-order chi connectivity index (χ1) is 12.6. The summed E-state index contributed by atoms with van der Waals surface area (Å²) in [4.78, 5) is 33.1. The summed E-state index contributed by atoms with van der Waals surface area (Å²) in [6.45, 7) is 2.59. The van der Waals surface area contributed by atoms with Crippen molar-refractivity contribution in [2.45, 2.75) is 51.0 Å². The highest BCUT2D eigenvalue weighted by Gasteiger charge is 2.49. The molecule has 0 bridgehead atoms. The molecule has 26 heavy (non-hydrogen) atoms. The molecule has 1 aromatic heterocycles. The quantitative estimate of drug-likeness (QED) is 0.900. The monoisotopic (exact) mass is 357 g/mol. The number of amides is 1. The molecule has 0 spiro atoms. The van der Waals surface area contributed by atoms with E-state index in [0.29, 0.717) is 18.0 Å². The first kappa shape index (κ1) is 17.3. The van der Waals surface area contributed by atoms with E-state index in [1.54, 1.807) is 11.1 Å². The lowest BCUT2D eigenvalue weighted by Gasteiger charge is -2.25. The maximum Gasteiger partial charge on any atom is 0.326 e. The molecule has 3 unspecified atom stereocenters. The summed E-state index contributed by atoms with van der Waals surface area (Å²) in [5.74, 6) is 0.297. The van der Waals surface area contributed by atoms with Gasteiger partial charge < -0.3 is 14.9 Å². The van der Waals surface area contributed by atoms with E-state index in [0.717, 1.165) is 38.2 Å². The number of rotatable bonds is 3. The number of hydrogen-bond donors (Lipinski definition) is 1. The van der Waals surface area contributed by atoms with Gasteiger partial charge in [-0.05, 0) is 49.7 Å². The van der Waals surface area contributed by atoms with Crippen molar-refractivity contribution in [1.29, 1.82) is 0 Å². The van der Waals surface area contributed by atoms with Gasteiger partial charge in [-0.3, -0.25) is 4.79 Å². The van der Waals surface area contributed by atoms with Gasteiger partial charge in [0.05, 0.1) is 5.56 Å². The first-order valence-electron chi connectivity index (χ1n) is 9.90. The molecule has 0 radical (unpaired) electrons. The second-order valence-corrected chi connectivity index (χ2v) is 7.90. The third kappa shape index (κ3) is 3.17. The lowest BCUT2D eigenvalue weighted by atomic mass is 9.94. The maximum atomic E-state index is 12.9. The molecule has 1 saturated carbocycles. The van der Waals surface area contributed by atoms with Crippen LogP contribution in [0.2, 0.25) is 0 Å². The van der Waals surface area contributed by atoms with Crippen molar-refractivity contribution in [3.05, 3.63) is 23.9 Å². The Kier molecular flexibility index (Phi) is 4.83. The van der Waals surface area contributed by atoms with Crippen molar-refractivity contribution < 1.29 is 14.7 Å². The second kappa shape index (κ2) is 7.25. The maximum absolute atomic E-state index is 12.9. The third-order valence-electron chi connectivity index (χ3n) is 6.33. The molecule has 4 rings (SSSR count). The zero-order valence-corrected chi connectivity index (χ0v) is 15.1. The van der Waals surface area contributed by atoms with Gasteiger partial charge in [0.15, 0.2) is 0 Å². The molecule has 6 nitrogen and oxygen atoms in total.